The highest BCUT2D eigenvalue weighted by Crippen LogP contribution is 2.36. The van der Waals surface area contributed by atoms with Crippen molar-refractivity contribution in [2.24, 2.45) is 0 Å². The molecule has 0 spiro atoms. The fourth-order valence-electron chi connectivity index (χ4n) is 3.98. The van der Waals surface area contributed by atoms with E-state index >= 15 is 0 Å². The Morgan fingerprint density at radius 2 is 1.25 bits per heavy atom. The smallest absolute Gasteiger partial charge is 0.0973 e. The van der Waals surface area contributed by atoms with Crippen LogP contribution in [-0.4, -0.2) is 9.97 Å². The van der Waals surface area contributed by atoms with Gasteiger partial charge in [-0.2, -0.15) is 0 Å². The van der Waals surface area contributed by atoms with Gasteiger partial charge >= 0.3 is 0 Å². The second-order valence-corrected chi connectivity index (χ2v) is 7.96. The maximum atomic E-state index is 5.21. The van der Waals surface area contributed by atoms with Crippen molar-refractivity contribution in [2.75, 3.05) is 0 Å². The highest BCUT2D eigenvalue weighted by molar-refractivity contribution is 5.88. The monoisotopic (exact) mass is 366 g/mol. The minimum absolute atomic E-state index is 0.0607. The largest absolute Gasteiger partial charge is 0.244 e. The average molecular weight is 367 g/mol. The lowest BCUT2D eigenvalue weighted by atomic mass is 9.80. The predicted molar refractivity (Wildman–Crippen MR) is 118 cm³/mol. The number of benzene rings is 3. The molecule has 0 bridgehead atoms. The molecule has 2 nitrogen and oxygen atoms in total. The fourth-order valence-corrected chi connectivity index (χ4v) is 3.98. The topological polar surface area (TPSA) is 25.8 Å². The molecule has 0 aliphatic carbocycles. The number of para-hydroxylation sites is 1. The number of nitrogens with zero attached hydrogens (tertiary/aromatic N) is 2. The normalized spacial score (nSPS) is 11.7. The first-order chi connectivity index (χ1) is 13.6. The third kappa shape index (κ3) is 3.43. The molecule has 0 unspecified atom stereocenters. The first kappa shape index (κ1) is 18.4. The first-order valence-electron chi connectivity index (χ1n) is 10.0. The zero-order valence-corrected chi connectivity index (χ0v) is 16.8. The molecule has 0 aliphatic heterocycles. The molecular formula is C26H26N2. The third-order valence-electron chi connectivity index (χ3n) is 5.39. The van der Waals surface area contributed by atoms with Crippen molar-refractivity contribution in [3.8, 4) is 22.5 Å². The summed E-state index contributed by atoms with van der Waals surface area (Å²) >= 11 is 0. The minimum Gasteiger partial charge on any atom is -0.244 e. The van der Waals surface area contributed by atoms with Crippen LogP contribution in [0.1, 0.15) is 39.2 Å². The summed E-state index contributed by atoms with van der Waals surface area (Å²) in [7, 11) is 0. The van der Waals surface area contributed by atoms with E-state index in [1.54, 1.807) is 0 Å². The van der Waals surface area contributed by atoms with Gasteiger partial charge in [-0.1, -0.05) is 100.0 Å². The van der Waals surface area contributed by atoms with E-state index in [1.165, 1.54) is 5.56 Å². The van der Waals surface area contributed by atoms with E-state index in [9.17, 15) is 0 Å². The molecule has 0 N–H and O–H groups in total. The molecule has 4 aromatic rings. The molecule has 28 heavy (non-hydrogen) atoms. The van der Waals surface area contributed by atoms with E-state index in [0.717, 1.165) is 46.4 Å². The molecule has 1 aromatic heterocycles. The zero-order valence-electron chi connectivity index (χ0n) is 16.8. The van der Waals surface area contributed by atoms with E-state index in [4.69, 9.17) is 9.97 Å². The van der Waals surface area contributed by atoms with Gasteiger partial charge in [-0.15, -0.1) is 0 Å². The second-order valence-electron chi connectivity index (χ2n) is 7.96. The minimum atomic E-state index is 0.0607. The summed E-state index contributed by atoms with van der Waals surface area (Å²) < 4.78 is 0. The van der Waals surface area contributed by atoms with Crippen LogP contribution < -0.4 is 0 Å². The van der Waals surface area contributed by atoms with E-state index in [-0.39, 0.29) is 5.41 Å². The lowest BCUT2D eigenvalue weighted by molar-refractivity contribution is 0.476. The molecule has 0 atom stereocenters. The predicted octanol–water partition coefficient (Wildman–Crippen LogP) is 7.04. The van der Waals surface area contributed by atoms with Gasteiger partial charge in [-0.05, 0) is 23.5 Å². The quantitative estimate of drug-likeness (QED) is 0.378. The Hall–Kier alpha value is -3.00. The Kier molecular flexibility index (Phi) is 4.95. The highest BCUT2D eigenvalue weighted by Gasteiger charge is 2.24. The number of hydrogen-bond donors (Lipinski definition) is 0. The molecule has 0 saturated carbocycles. The maximum absolute atomic E-state index is 5.21. The van der Waals surface area contributed by atoms with Crippen LogP contribution >= 0.6 is 0 Å². The van der Waals surface area contributed by atoms with Crippen molar-refractivity contribution in [1.29, 1.82) is 0 Å². The van der Waals surface area contributed by atoms with Crippen LogP contribution in [0.15, 0.2) is 78.9 Å². The third-order valence-corrected chi connectivity index (χ3v) is 5.39. The molecule has 0 aliphatic rings. The van der Waals surface area contributed by atoms with E-state index in [1.807, 2.05) is 12.1 Å². The molecule has 4 rings (SSSR count). The van der Waals surface area contributed by atoms with Crippen molar-refractivity contribution in [1.82, 2.24) is 9.97 Å². The number of fused-ring (bicyclic) bond motifs is 1. The maximum Gasteiger partial charge on any atom is 0.0973 e. The Bertz CT molecular complexity index is 1080. The summed E-state index contributed by atoms with van der Waals surface area (Å²) in [5.41, 5.74) is 7.37. The summed E-state index contributed by atoms with van der Waals surface area (Å²) in [4.78, 5) is 10.3. The zero-order chi connectivity index (χ0) is 19.6. The van der Waals surface area contributed by atoms with Gasteiger partial charge in [0.05, 0.1) is 22.4 Å². The second kappa shape index (κ2) is 7.55. The molecule has 1 heterocycles. The Morgan fingerprint density at radius 1 is 0.679 bits per heavy atom. The van der Waals surface area contributed by atoms with Gasteiger partial charge in [0, 0.05) is 11.1 Å². The molecule has 0 saturated heterocycles. The van der Waals surface area contributed by atoms with Crippen LogP contribution in [-0.2, 0) is 5.41 Å². The first-order valence-corrected chi connectivity index (χ1v) is 10.0. The van der Waals surface area contributed by atoms with Gasteiger partial charge in [0.2, 0.25) is 0 Å². The van der Waals surface area contributed by atoms with Gasteiger partial charge in [-0.3, -0.25) is 0 Å². The van der Waals surface area contributed by atoms with Crippen molar-refractivity contribution in [3.05, 3.63) is 84.4 Å². The van der Waals surface area contributed by atoms with Crippen LogP contribution in [0.3, 0.4) is 0 Å². The van der Waals surface area contributed by atoms with Gasteiger partial charge in [0.25, 0.3) is 0 Å². The summed E-state index contributed by atoms with van der Waals surface area (Å²) in [6, 6.07) is 27.1. The lowest BCUT2D eigenvalue weighted by Crippen LogP contribution is -2.18. The molecular weight excluding hydrogens is 340 g/mol. The summed E-state index contributed by atoms with van der Waals surface area (Å²) in [6.45, 7) is 6.85. The average Bonchev–Trinajstić information content (AvgIpc) is 2.73. The van der Waals surface area contributed by atoms with Crippen LogP contribution in [0.25, 0.3) is 33.5 Å². The lowest BCUT2D eigenvalue weighted by Gasteiger charge is -2.26. The van der Waals surface area contributed by atoms with Crippen LogP contribution in [0, 0.1) is 0 Å². The molecule has 2 heteroatoms. The summed E-state index contributed by atoms with van der Waals surface area (Å²) in [6.07, 6.45) is 2.26. The van der Waals surface area contributed by atoms with Gasteiger partial charge in [0.1, 0.15) is 0 Å². The van der Waals surface area contributed by atoms with Crippen molar-refractivity contribution in [3.63, 3.8) is 0 Å². The fraction of sp³-hybridized carbons (Fsp3) is 0.231. The number of hydrogen-bond acceptors (Lipinski definition) is 2. The van der Waals surface area contributed by atoms with Crippen LogP contribution in [0.5, 0.6) is 0 Å². The van der Waals surface area contributed by atoms with Gasteiger partial charge in [-0.25, -0.2) is 9.97 Å². The standard InChI is InChI=1S/C26H26N2/c1-4-18-26(2,3)21-16-11-17-22-25(21)28-24(20-14-9-6-10-15-20)23(27-22)19-12-7-5-8-13-19/h5-17H,4,18H2,1-3H3. The molecule has 0 radical (unpaired) electrons. The molecule has 0 fully saturated rings. The van der Waals surface area contributed by atoms with Gasteiger partial charge < -0.3 is 0 Å². The van der Waals surface area contributed by atoms with Crippen LogP contribution in [0.2, 0.25) is 0 Å². The van der Waals surface area contributed by atoms with E-state index < -0.39 is 0 Å². The Labute approximate surface area is 167 Å². The Morgan fingerprint density at radius 3 is 1.82 bits per heavy atom. The molecule has 0 amide bonds. The van der Waals surface area contributed by atoms with Crippen molar-refractivity contribution in [2.45, 2.75) is 39.0 Å². The van der Waals surface area contributed by atoms with E-state index in [2.05, 4.69) is 87.5 Å². The van der Waals surface area contributed by atoms with Crippen molar-refractivity contribution >= 4 is 11.0 Å². The highest BCUT2D eigenvalue weighted by atomic mass is 14.8. The summed E-state index contributed by atoms with van der Waals surface area (Å²) in [5.74, 6) is 0. The number of rotatable bonds is 5. The van der Waals surface area contributed by atoms with Gasteiger partial charge in [0.15, 0.2) is 0 Å². The molecule has 3 aromatic carbocycles. The van der Waals surface area contributed by atoms with E-state index in [0.29, 0.717) is 0 Å². The Balaban J connectivity index is 2.03. The SMILES string of the molecule is CCCC(C)(C)c1cccc2nc(-c3ccccc3)c(-c3ccccc3)nc12. The van der Waals surface area contributed by atoms with Crippen molar-refractivity contribution < 1.29 is 0 Å². The van der Waals surface area contributed by atoms with Crippen LogP contribution in [0.4, 0.5) is 0 Å². The number of aromatic nitrogens is 2. The molecule has 140 valence electrons. The summed E-state index contributed by atoms with van der Waals surface area (Å²) in [5, 5.41) is 0.